The molecule has 0 amide bonds. The van der Waals surface area contributed by atoms with Crippen LogP contribution >= 0.6 is 22.6 Å². The van der Waals surface area contributed by atoms with Crippen molar-refractivity contribution in [1.29, 1.82) is 0 Å². The fourth-order valence-electron chi connectivity index (χ4n) is 0.868. The molecule has 12 heavy (non-hydrogen) atoms. The van der Waals surface area contributed by atoms with Gasteiger partial charge in [0, 0.05) is 11.8 Å². The molecule has 0 aromatic carbocycles. The van der Waals surface area contributed by atoms with Crippen molar-refractivity contribution < 1.29 is 0 Å². The summed E-state index contributed by atoms with van der Waals surface area (Å²) in [4.78, 5) is 7.89. The summed E-state index contributed by atoms with van der Waals surface area (Å²) in [5.41, 5.74) is 1.01. The minimum Gasteiger partial charge on any atom is -0.245 e. The second-order valence-corrected chi connectivity index (χ2v) is 4.01. The normalized spacial score (nSPS) is 11.3. The molecule has 0 radical (unpaired) electrons. The molecule has 1 aromatic heterocycles. The third-order valence-corrected chi connectivity index (χ3v) is 1.63. The Morgan fingerprint density at radius 2 is 2.50 bits per heavy atom. The van der Waals surface area contributed by atoms with Crippen molar-refractivity contribution >= 4 is 41.2 Å². The van der Waals surface area contributed by atoms with Crippen molar-refractivity contribution in [2.45, 2.75) is 6.92 Å². The van der Waals surface area contributed by atoms with Gasteiger partial charge in [-0.3, -0.25) is 0 Å². The maximum absolute atomic E-state index is 4.07. The zero-order valence-corrected chi connectivity index (χ0v) is 8.95. The zero-order chi connectivity index (χ0) is 8.97. The van der Waals surface area contributed by atoms with Crippen LogP contribution in [0.15, 0.2) is 26.9 Å². The summed E-state index contributed by atoms with van der Waals surface area (Å²) in [6.45, 7) is 5.48. The van der Waals surface area contributed by atoms with Gasteiger partial charge in [0.25, 0.3) is 0 Å². The number of aliphatic imine (C=N–C) groups is 1. The van der Waals surface area contributed by atoms with E-state index < -0.39 is 0 Å². The van der Waals surface area contributed by atoms with E-state index in [-0.39, 0.29) is 0 Å². The van der Waals surface area contributed by atoms with Crippen LogP contribution in [0.1, 0.15) is 12.5 Å². The molecule has 3 heteroatoms. The Hall–Kier alpha value is -0.710. The standard InChI is InChI=1S/C9H9IN2/c1-7(10)6-8-4-3-5-12-9(8)11-2/h3-6H,2H2,1H3/b7-6+. The minimum absolute atomic E-state index is 0.688. The topological polar surface area (TPSA) is 25.2 Å². The van der Waals surface area contributed by atoms with Gasteiger partial charge in [0.05, 0.1) is 0 Å². The molecule has 1 rings (SSSR count). The van der Waals surface area contributed by atoms with Gasteiger partial charge in [-0.2, -0.15) is 0 Å². The lowest BCUT2D eigenvalue weighted by atomic mass is 10.2. The van der Waals surface area contributed by atoms with E-state index >= 15 is 0 Å². The van der Waals surface area contributed by atoms with Crippen LogP contribution in [0.25, 0.3) is 6.08 Å². The molecule has 0 saturated carbocycles. The van der Waals surface area contributed by atoms with Crippen LogP contribution in [0, 0.1) is 0 Å². The molecule has 1 aromatic rings. The minimum atomic E-state index is 0.688. The molecule has 0 spiro atoms. The van der Waals surface area contributed by atoms with Crippen LogP contribution < -0.4 is 0 Å². The molecule has 0 unspecified atom stereocenters. The monoisotopic (exact) mass is 272 g/mol. The van der Waals surface area contributed by atoms with E-state index in [2.05, 4.69) is 39.3 Å². The second-order valence-electron chi connectivity index (χ2n) is 2.31. The fourth-order valence-corrected chi connectivity index (χ4v) is 1.20. The number of rotatable bonds is 2. The van der Waals surface area contributed by atoms with Gasteiger partial charge >= 0.3 is 0 Å². The highest BCUT2D eigenvalue weighted by molar-refractivity contribution is 14.1. The highest BCUT2D eigenvalue weighted by Gasteiger charge is 1.96. The molecular weight excluding hydrogens is 263 g/mol. The van der Waals surface area contributed by atoms with Crippen molar-refractivity contribution in [1.82, 2.24) is 4.98 Å². The van der Waals surface area contributed by atoms with Gasteiger partial charge in [0.15, 0.2) is 5.82 Å². The van der Waals surface area contributed by atoms with E-state index in [1.165, 1.54) is 3.58 Å². The van der Waals surface area contributed by atoms with Gasteiger partial charge < -0.3 is 0 Å². The average molecular weight is 272 g/mol. The van der Waals surface area contributed by atoms with Gasteiger partial charge in [-0.05, 0) is 58.0 Å². The van der Waals surface area contributed by atoms with Crippen LogP contribution in [-0.2, 0) is 0 Å². The Labute approximate surface area is 85.6 Å². The molecular formula is C9H9IN2. The Morgan fingerprint density at radius 3 is 3.08 bits per heavy atom. The predicted octanol–water partition coefficient (Wildman–Crippen LogP) is 3.21. The van der Waals surface area contributed by atoms with Gasteiger partial charge in [0.2, 0.25) is 0 Å². The Balaban J connectivity index is 3.14. The molecule has 0 aliphatic carbocycles. The van der Waals surface area contributed by atoms with Gasteiger partial charge in [-0.15, -0.1) is 0 Å². The van der Waals surface area contributed by atoms with Crippen LogP contribution in [0.5, 0.6) is 0 Å². The van der Waals surface area contributed by atoms with Gasteiger partial charge in [-0.25, -0.2) is 9.98 Å². The van der Waals surface area contributed by atoms with Crippen LogP contribution in [-0.4, -0.2) is 11.7 Å². The first-order valence-electron chi connectivity index (χ1n) is 3.49. The average Bonchev–Trinajstić information content (AvgIpc) is 2.04. The van der Waals surface area contributed by atoms with E-state index in [1.54, 1.807) is 6.20 Å². The number of pyridine rings is 1. The smallest absolute Gasteiger partial charge is 0.158 e. The summed E-state index contributed by atoms with van der Waals surface area (Å²) in [6.07, 6.45) is 3.74. The third-order valence-electron chi connectivity index (χ3n) is 1.32. The van der Waals surface area contributed by atoms with Crippen molar-refractivity contribution in [3.05, 3.63) is 27.5 Å². The molecule has 2 nitrogen and oxygen atoms in total. The Morgan fingerprint density at radius 1 is 1.75 bits per heavy atom. The van der Waals surface area contributed by atoms with E-state index in [4.69, 9.17) is 0 Å². The molecule has 0 saturated heterocycles. The molecule has 0 N–H and O–H groups in total. The molecule has 0 bridgehead atoms. The van der Waals surface area contributed by atoms with E-state index in [1.807, 2.05) is 25.1 Å². The lowest BCUT2D eigenvalue weighted by Crippen LogP contribution is -1.78. The number of aromatic nitrogens is 1. The van der Waals surface area contributed by atoms with Crippen LogP contribution in [0.4, 0.5) is 5.82 Å². The van der Waals surface area contributed by atoms with Gasteiger partial charge in [0.1, 0.15) is 0 Å². The Kier molecular flexibility index (Phi) is 3.40. The lowest BCUT2D eigenvalue weighted by Gasteiger charge is -1.97. The first kappa shape index (κ1) is 9.38. The van der Waals surface area contributed by atoms with E-state index in [0.717, 1.165) is 5.56 Å². The van der Waals surface area contributed by atoms with Gasteiger partial charge in [-0.1, -0.05) is 0 Å². The molecule has 0 aliphatic rings. The van der Waals surface area contributed by atoms with Crippen molar-refractivity contribution in [3.8, 4) is 0 Å². The number of hydrogen-bond donors (Lipinski definition) is 0. The first-order valence-corrected chi connectivity index (χ1v) is 4.57. The number of allylic oxidation sites excluding steroid dienone is 1. The van der Waals surface area contributed by atoms with E-state index in [0.29, 0.717) is 5.82 Å². The van der Waals surface area contributed by atoms with Crippen molar-refractivity contribution in [2.24, 2.45) is 4.99 Å². The maximum atomic E-state index is 4.07. The fraction of sp³-hybridized carbons (Fsp3) is 0.111. The van der Waals surface area contributed by atoms with Crippen LogP contribution in [0.2, 0.25) is 0 Å². The SMILES string of the molecule is C=Nc1ncccc1/C=C(\C)I. The summed E-state index contributed by atoms with van der Waals surface area (Å²) in [5, 5.41) is 0. The predicted molar refractivity (Wildman–Crippen MR) is 61.1 cm³/mol. The van der Waals surface area contributed by atoms with Crippen molar-refractivity contribution in [2.75, 3.05) is 0 Å². The summed E-state index contributed by atoms with van der Waals surface area (Å²) >= 11 is 2.25. The molecule has 0 aliphatic heterocycles. The maximum Gasteiger partial charge on any atom is 0.158 e. The van der Waals surface area contributed by atoms with E-state index in [9.17, 15) is 0 Å². The largest absolute Gasteiger partial charge is 0.245 e. The molecule has 0 fully saturated rings. The molecule has 0 atom stereocenters. The first-order chi connectivity index (χ1) is 5.74. The van der Waals surface area contributed by atoms with Crippen molar-refractivity contribution in [3.63, 3.8) is 0 Å². The summed E-state index contributed by atoms with van der Waals surface area (Å²) in [5.74, 6) is 0.688. The zero-order valence-electron chi connectivity index (χ0n) is 6.79. The highest BCUT2D eigenvalue weighted by atomic mass is 127. The quantitative estimate of drug-likeness (QED) is 0.599. The van der Waals surface area contributed by atoms with Crippen LogP contribution in [0.3, 0.4) is 0 Å². The molecule has 62 valence electrons. The molecule has 1 heterocycles. The Bertz CT molecular complexity index is 314. The third kappa shape index (κ3) is 2.41. The number of hydrogen-bond acceptors (Lipinski definition) is 2. The highest BCUT2D eigenvalue weighted by Crippen LogP contribution is 2.19. The summed E-state index contributed by atoms with van der Waals surface area (Å²) in [6, 6.07) is 3.86. The lowest BCUT2D eigenvalue weighted by molar-refractivity contribution is 1.27. The number of nitrogens with zero attached hydrogens (tertiary/aromatic N) is 2. The number of halogens is 1. The summed E-state index contributed by atoms with van der Waals surface area (Å²) in [7, 11) is 0. The summed E-state index contributed by atoms with van der Waals surface area (Å²) < 4.78 is 1.20. The second kappa shape index (κ2) is 4.35.